The predicted molar refractivity (Wildman–Crippen MR) is 94.3 cm³/mol. The van der Waals surface area contributed by atoms with Crippen molar-refractivity contribution in [3.63, 3.8) is 0 Å². The Bertz CT molecular complexity index is 687. The molecule has 2 aliphatic rings. The normalized spacial score (nSPS) is 22.4. The lowest BCUT2D eigenvalue weighted by atomic mass is 10.2. The molecule has 2 N–H and O–H groups in total. The standard InChI is InChI=1S/C15H26N6O3S/c1-16-14-10-12(18-15(19-14)13-4-3-5-17-13)11-20(2)25(22,23)21-6-8-24-9-7-21/h10,13,17H,3-9,11H2,1-2H3,(H,16,18,19)/t13-/m1/s1. The zero-order valence-corrected chi connectivity index (χ0v) is 15.5. The van der Waals surface area contributed by atoms with Crippen LogP contribution in [-0.2, 0) is 21.5 Å². The second-order valence-electron chi connectivity index (χ2n) is 6.28. The largest absolute Gasteiger partial charge is 0.379 e. The summed E-state index contributed by atoms with van der Waals surface area (Å²) in [7, 11) is -0.141. The third-order valence-corrected chi connectivity index (χ3v) is 6.43. The maximum absolute atomic E-state index is 12.7. The van der Waals surface area contributed by atoms with Crippen molar-refractivity contribution < 1.29 is 13.2 Å². The van der Waals surface area contributed by atoms with Gasteiger partial charge in [0.15, 0.2) is 0 Å². The van der Waals surface area contributed by atoms with Crippen LogP contribution in [-0.4, -0.2) is 73.9 Å². The molecule has 1 atom stereocenters. The summed E-state index contributed by atoms with van der Waals surface area (Å²) in [6.45, 7) is 2.80. The number of nitrogens with one attached hydrogen (secondary N) is 2. The minimum Gasteiger partial charge on any atom is -0.379 e. The highest BCUT2D eigenvalue weighted by molar-refractivity contribution is 7.86. The van der Waals surface area contributed by atoms with Crippen LogP contribution in [0.3, 0.4) is 0 Å². The van der Waals surface area contributed by atoms with Gasteiger partial charge in [0.25, 0.3) is 10.2 Å². The molecule has 0 unspecified atom stereocenters. The molecule has 0 aromatic carbocycles. The number of hydrogen-bond donors (Lipinski definition) is 2. The van der Waals surface area contributed by atoms with E-state index in [1.54, 1.807) is 20.2 Å². The zero-order chi connectivity index (χ0) is 17.9. The van der Waals surface area contributed by atoms with Gasteiger partial charge in [0.2, 0.25) is 0 Å². The first-order chi connectivity index (χ1) is 12.0. The van der Waals surface area contributed by atoms with Crippen LogP contribution in [0, 0.1) is 0 Å². The fourth-order valence-corrected chi connectivity index (χ4v) is 4.37. The molecule has 3 rings (SSSR count). The van der Waals surface area contributed by atoms with Crippen molar-refractivity contribution in [1.82, 2.24) is 23.9 Å². The van der Waals surface area contributed by atoms with E-state index in [0.717, 1.165) is 25.2 Å². The van der Waals surface area contributed by atoms with Gasteiger partial charge in [-0.15, -0.1) is 0 Å². The van der Waals surface area contributed by atoms with Crippen LogP contribution in [0.25, 0.3) is 0 Å². The van der Waals surface area contributed by atoms with Crippen LogP contribution >= 0.6 is 0 Å². The topological polar surface area (TPSA) is 99.7 Å². The van der Waals surface area contributed by atoms with E-state index in [1.807, 2.05) is 0 Å². The second-order valence-corrected chi connectivity index (χ2v) is 8.31. The van der Waals surface area contributed by atoms with Crippen molar-refractivity contribution in [3.8, 4) is 0 Å². The van der Waals surface area contributed by atoms with Gasteiger partial charge < -0.3 is 15.4 Å². The Morgan fingerprint density at radius 2 is 2.16 bits per heavy atom. The lowest BCUT2D eigenvalue weighted by Gasteiger charge is -2.30. The molecule has 1 aromatic rings. The van der Waals surface area contributed by atoms with Crippen molar-refractivity contribution in [1.29, 1.82) is 0 Å². The highest BCUT2D eigenvalue weighted by Gasteiger charge is 2.29. The highest BCUT2D eigenvalue weighted by atomic mass is 32.2. The molecule has 0 amide bonds. The fourth-order valence-electron chi connectivity index (χ4n) is 3.07. The molecule has 0 saturated carbocycles. The van der Waals surface area contributed by atoms with Gasteiger partial charge in [0.1, 0.15) is 11.6 Å². The van der Waals surface area contributed by atoms with Crippen molar-refractivity contribution in [3.05, 3.63) is 17.6 Å². The summed E-state index contributed by atoms with van der Waals surface area (Å²) in [4.78, 5) is 9.11. The molecule has 2 aliphatic heterocycles. The van der Waals surface area contributed by atoms with Crippen molar-refractivity contribution in [2.45, 2.75) is 25.4 Å². The Morgan fingerprint density at radius 3 is 2.80 bits per heavy atom. The molecule has 140 valence electrons. The highest BCUT2D eigenvalue weighted by Crippen LogP contribution is 2.22. The molecule has 1 aromatic heterocycles. The van der Waals surface area contributed by atoms with Gasteiger partial charge in [-0.1, -0.05) is 0 Å². The molecule has 2 saturated heterocycles. The van der Waals surface area contributed by atoms with Crippen LogP contribution in [0.5, 0.6) is 0 Å². The average Bonchev–Trinajstić information content (AvgIpc) is 3.17. The molecule has 2 fully saturated rings. The summed E-state index contributed by atoms with van der Waals surface area (Å²) in [6.07, 6.45) is 2.09. The number of nitrogens with zero attached hydrogens (tertiary/aromatic N) is 4. The molecular weight excluding hydrogens is 344 g/mol. The molecule has 0 spiro atoms. The number of morpholine rings is 1. The number of anilines is 1. The van der Waals surface area contributed by atoms with E-state index in [2.05, 4.69) is 20.6 Å². The average molecular weight is 370 g/mol. The smallest absolute Gasteiger partial charge is 0.282 e. The van der Waals surface area contributed by atoms with Gasteiger partial charge in [-0.2, -0.15) is 17.0 Å². The quantitative estimate of drug-likeness (QED) is 0.724. The van der Waals surface area contributed by atoms with Crippen molar-refractivity contribution in [2.24, 2.45) is 0 Å². The number of rotatable bonds is 6. The van der Waals surface area contributed by atoms with Crippen LogP contribution in [0.15, 0.2) is 6.07 Å². The maximum atomic E-state index is 12.7. The number of hydrogen-bond acceptors (Lipinski definition) is 7. The van der Waals surface area contributed by atoms with Crippen LogP contribution in [0.1, 0.15) is 30.4 Å². The third-order valence-electron chi connectivity index (χ3n) is 4.50. The Labute approximate surface area is 149 Å². The first kappa shape index (κ1) is 18.5. The molecule has 3 heterocycles. The van der Waals surface area contributed by atoms with E-state index in [1.165, 1.54) is 8.61 Å². The second kappa shape index (κ2) is 7.92. The minimum atomic E-state index is -3.52. The number of aromatic nitrogens is 2. The summed E-state index contributed by atoms with van der Waals surface area (Å²) in [5.74, 6) is 1.42. The van der Waals surface area contributed by atoms with Gasteiger partial charge in [-0.25, -0.2) is 9.97 Å². The molecule has 0 bridgehead atoms. The summed E-state index contributed by atoms with van der Waals surface area (Å²) in [6, 6.07) is 1.93. The SMILES string of the molecule is CNc1cc(CN(C)S(=O)(=O)N2CCOCC2)nc([C@H]2CCCN2)n1. The van der Waals surface area contributed by atoms with E-state index < -0.39 is 10.2 Å². The maximum Gasteiger partial charge on any atom is 0.282 e. The summed E-state index contributed by atoms with van der Waals surface area (Å²) in [5.41, 5.74) is 0.683. The minimum absolute atomic E-state index is 0.133. The molecule has 9 nitrogen and oxygen atoms in total. The van der Waals surface area contributed by atoms with Crippen LogP contribution < -0.4 is 10.6 Å². The van der Waals surface area contributed by atoms with Crippen LogP contribution in [0.2, 0.25) is 0 Å². The fraction of sp³-hybridized carbons (Fsp3) is 0.733. The summed E-state index contributed by atoms with van der Waals surface area (Å²) < 4.78 is 33.5. The molecule has 25 heavy (non-hydrogen) atoms. The van der Waals surface area contributed by atoms with Gasteiger partial charge in [0.05, 0.1) is 31.5 Å². The first-order valence-electron chi connectivity index (χ1n) is 8.59. The van der Waals surface area contributed by atoms with E-state index in [4.69, 9.17) is 4.74 Å². The Balaban J connectivity index is 1.77. The third kappa shape index (κ3) is 4.26. The Hall–Kier alpha value is -1.33. The lowest BCUT2D eigenvalue weighted by Crippen LogP contribution is -2.47. The monoisotopic (exact) mass is 370 g/mol. The van der Waals surface area contributed by atoms with Crippen molar-refractivity contribution in [2.75, 3.05) is 52.3 Å². The van der Waals surface area contributed by atoms with Gasteiger partial charge in [-0.05, 0) is 19.4 Å². The predicted octanol–water partition coefficient (Wildman–Crippen LogP) is -0.0484. The van der Waals surface area contributed by atoms with Crippen molar-refractivity contribution >= 4 is 16.0 Å². The van der Waals surface area contributed by atoms with Gasteiger partial charge >= 0.3 is 0 Å². The molecular formula is C15H26N6O3S. The first-order valence-corrected chi connectivity index (χ1v) is 9.98. The van der Waals surface area contributed by atoms with E-state index >= 15 is 0 Å². The molecule has 0 radical (unpaired) electrons. The number of ether oxygens (including phenoxy) is 1. The van der Waals surface area contributed by atoms with E-state index in [-0.39, 0.29) is 12.6 Å². The van der Waals surface area contributed by atoms with Gasteiger partial charge in [0, 0.05) is 33.3 Å². The molecule has 10 heteroatoms. The van der Waals surface area contributed by atoms with Gasteiger partial charge in [-0.3, -0.25) is 0 Å². The Morgan fingerprint density at radius 1 is 1.40 bits per heavy atom. The van der Waals surface area contributed by atoms with Crippen LogP contribution in [0.4, 0.5) is 5.82 Å². The Kier molecular flexibility index (Phi) is 5.85. The zero-order valence-electron chi connectivity index (χ0n) is 14.7. The molecule has 0 aliphatic carbocycles. The summed E-state index contributed by atoms with van der Waals surface area (Å²) >= 11 is 0. The van der Waals surface area contributed by atoms with E-state index in [9.17, 15) is 8.42 Å². The lowest BCUT2D eigenvalue weighted by molar-refractivity contribution is 0.0705. The van der Waals surface area contributed by atoms with E-state index in [0.29, 0.717) is 37.8 Å². The summed E-state index contributed by atoms with van der Waals surface area (Å²) in [5, 5.41) is 6.41.